The van der Waals surface area contributed by atoms with Crippen molar-refractivity contribution in [3.05, 3.63) is 147 Å². The molecular formula is C33H22Cl2F7NO. The van der Waals surface area contributed by atoms with E-state index in [2.05, 4.69) is 0 Å². The van der Waals surface area contributed by atoms with Gasteiger partial charge in [0, 0.05) is 18.7 Å². The average Bonchev–Trinajstić information content (AvgIpc) is 2.96. The Morgan fingerprint density at radius 3 is 1.77 bits per heavy atom. The molecule has 0 aliphatic carbocycles. The second-order valence-corrected chi connectivity index (χ2v) is 11.2. The molecule has 0 amide bonds. The fourth-order valence-electron chi connectivity index (χ4n) is 5.27. The molecule has 2 nitrogen and oxygen atoms in total. The Morgan fingerprint density at radius 2 is 1.30 bits per heavy atom. The van der Waals surface area contributed by atoms with Crippen LogP contribution in [0.2, 0.25) is 10.0 Å². The zero-order chi connectivity index (χ0) is 31.9. The van der Waals surface area contributed by atoms with Crippen LogP contribution >= 0.6 is 23.2 Å². The van der Waals surface area contributed by atoms with Gasteiger partial charge in [0.1, 0.15) is 0 Å². The average molecular weight is 652 g/mol. The molecule has 0 radical (unpaired) electrons. The molecule has 4 aromatic carbocycles. The number of halogens is 9. The van der Waals surface area contributed by atoms with Crippen LogP contribution in [0.3, 0.4) is 0 Å². The topological polar surface area (TPSA) is 20.3 Å². The predicted octanol–water partition coefficient (Wildman–Crippen LogP) is 10.1. The minimum Gasteiger partial charge on any atom is -0.289 e. The van der Waals surface area contributed by atoms with Crippen molar-refractivity contribution in [2.75, 3.05) is 13.1 Å². The molecule has 0 bridgehead atoms. The summed E-state index contributed by atoms with van der Waals surface area (Å²) in [5, 5.41) is -1.71. The lowest BCUT2D eigenvalue weighted by atomic mass is 9.83. The molecule has 0 N–H and O–H groups in total. The van der Waals surface area contributed by atoms with Gasteiger partial charge in [0.05, 0.1) is 27.2 Å². The highest BCUT2D eigenvalue weighted by Gasteiger charge is 2.48. The summed E-state index contributed by atoms with van der Waals surface area (Å²) in [6, 6.07) is 24.9. The Balaban J connectivity index is 1.38. The van der Waals surface area contributed by atoms with Gasteiger partial charge in [-0.1, -0.05) is 108 Å². The Morgan fingerprint density at radius 1 is 0.773 bits per heavy atom. The third kappa shape index (κ3) is 6.55. The smallest absolute Gasteiger partial charge is 0.289 e. The standard InChI is InChI=1S/C33H22Cl2F7NO/c34-27-16-23(15-26(29(27)35)33(40,41)42)25(32(37,38)39)17-28(44)20-11-13-24(14-12-20)31(36)18-43(19-31)30(21-7-3-1-4-8-21)22-9-5-2-6-10-22/h1-17,30H,18-19H2/b25-17+. The van der Waals surface area contributed by atoms with Gasteiger partial charge in [-0.3, -0.25) is 9.69 Å². The summed E-state index contributed by atoms with van der Waals surface area (Å²) < 4.78 is 97.9. The molecule has 11 heteroatoms. The molecule has 1 fully saturated rings. The molecule has 0 atom stereocenters. The first kappa shape index (κ1) is 31.8. The van der Waals surface area contributed by atoms with Crippen LogP contribution in [0.1, 0.15) is 44.2 Å². The van der Waals surface area contributed by atoms with E-state index in [1.807, 2.05) is 65.6 Å². The van der Waals surface area contributed by atoms with Crippen molar-refractivity contribution in [2.24, 2.45) is 0 Å². The summed E-state index contributed by atoms with van der Waals surface area (Å²) in [6.07, 6.45) is -10.1. The van der Waals surface area contributed by atoms with E-state index >= 15 is 4.39 Å². The molecule has 0 saturated carbocycles. The number of ketones is 1. The summed E-state index contributed by atoms with van der Waals surface area (Å²) in [7, 11) is 0. The number of rotatable bonds is 7. The molecule has 1 saturated heterocycles. The summed E-state index contributed by atoms with van der Waals surface area (Å²) in [6.45, 7) is 0.0669. The van der Waals surface area contributed by atoms with Gasteiger partial charge in [-0.15, -0.1) is 0 Å². The van der Waals surface area contributed by atoms with E-state index in [1.165, 1.54) is 24.3 Å². The van der Waals surface area contributed by atoms with Crippen molar-refractivity contribution >= 4 is 34.6 Å². The number of likely N-dealkylation sites (tertiary alicyclic amines) is 1. The van der Waals surface area contributed by atoms with Crippen molar-refractivity contribution in [1.29, 1.82) is 0 Å². The molecule has 5 rings (SSSR count). The molecule has 4 aromatic rings. The molecule has 0 spiro atoms. The number of allylic oxidation sites excluding steroid dienone is 2. The number of nitrogens with zero attached hydrogens (tertiary/aromatic N) is 1. The Hall–Kier alpha value is -3.66. The molecule has 0 unspecified atom stereocenters. The summed E-state index contributed by atoms with van der Waals surface area (Å²) in [5.41, 5.74) is -3.96. The van der Waals surface area contributed by atoms with Crippen LogP contribution in [0.4, 0.5) is 30.7 Å². The second kappa shape index (κ2) is 12.0. The fraction of sp³-hybridized carbons (Fsp3) is 0.182. The maximum Gasteiger partial charge on any atom is 0.417 e. The number of carbonyl (C=O) groups excluding carboxylic acids is 1. The van der Waals surface area contributed by atoms with Crippen molar-refractivity contribution in [2.45, 2.75) is 24.1 Å². The SMILES string of the molecule is O=C(/C=C(\c1cc(Cl)c(Cl)c(C(F)(F)F)c1)C(F)(F)F)c1ccc(C2(F)CN(C(c3ccccc3)c3ccccc3)C2)cc1. The highest BCUT2D eigenvalue weighted by atomic mass is 35.5. The van der Waals surface area contributed by atoms with Gasteiger partial charge in [-0.2, -0.15) is 26.3 Å². The van der Waals surface area contributed by atoms with Gasteiger partial charge in [0.2, 0.25) is 0 Å². The fourth-order valence-corrected chi connectivity index (χ4v) is 5.71. The quantitative estimate of drug-likeness (QED) is 0.113. The highest BCUT2D eigenvalue weighted by molar-refractivity contribution is 6.42. The first-order valence-electron chi connectivity index (χ1n) is 13.2. The van der Waals surface area contributed by atoms with Crippen LogP contribution < -0.4 is 0 Å². The van der Waals surface area contributed by atoms with E-state index < -0.39 is 50.5 Å². The van der Waals surface area contributed by atoms with Crippen LogP contribution in [0.25, 0.3) is 5.57 Å². The number of hydrogen-bond acceptors (Lipinski definition) is 2. The Kier molecular flexibility index (Phi) is 8.68. The van der Waals surface area contributed by atoms with E-state index in [0.717, 1.165) is 11.1 Å². The van der Waals surface area contributed by atoms with Gasteiger partial charge in [-0.05, 0) is 40.5 Å². The van der Waals surface area contributed by atoms with Crippen LogP contribution in [-0.2, 0) is 11.8 Å². The normalized spacial score (nSPS) is 15.7. The van der Waals surface area contributed by atoms with Crippen molar-refractivity contribution in [3.8, 4) is 0 Å². The van der Waals surface area contributed by atoms with Crippen LogP contribution in [-0.4, -0.2) is 29.9 Å². The zero-order valence-electron chi connectivity index (χ0n) is 22.6. The van der Waals surface area contributed by atoms with Crippen LogP contribution in [0.15, 0.2) is 103 Å². The summed E-state index contributed by atoms with van der Waals surface area (Å²) in [5.74, 6) is -1.14. The number of benzene rings is 4. The summed E-state index contributed by atoms with van der Waals surface area (Å²) in [4.78, 5) is 14.8. The van der Waals surface area contributed by atoms with Crippen LogP contribution in [0, 0.1) is 0 Å². The van der Waals surface area contributed by atoms with Gasteiger partial charge in [-0.25, -0.2) is 4.39 Å². The molecule has 44 heavy (non-hydrogen) atoms. The van der Waals surface area contributed by atoms with Crippen molar-refractivity contribution in [3.63, 3.8) is 0 Å². The monoisotopic (exact) mass is 651 g/mol. The first-order chi connectivity index (χ1) is 20.7. The molecule has 0 aromatic heterocycles. The number of alkyl halides is 7. The lowest BCUT2D eigenvalue weighted by molar-refractivity contribution is -0.137. The van der Waals surface area contributed by atoms with Gasteiger partial charge >= 0.3 is 12.4 Å². The van der Waals surface area contributed by atoms with Gasteiger partial charge < -0.3 is 0 Å². The van der Waals surface area contributed by atoms with Crippen molar-refractivity contribution < 1.29 is 35.5 Å². The predicted molar refractivity (Wildman–Crippen MR) is 155 cm³/mol. The first-order valence-corrected chi connectivity index (χ1v) is 14.0. The number of hydrogen-bond donors (Lipinski definition) is 0. The van der Waals surface area contributed by atoms with Crippen LogP contribution in [0.5, 0.6) is 0 Å². The van der Waals surface area contributed by atoms with E-state index in [9.17, 15) is 31.1 Å². The minimum absolute atomic E-state index is 0.0335. The third-order valence-corrected chi connectivity index (χ3v) is 8.22. The maximum atomic E-state index is 16.0. The van der Waals surface area contributed by atoms with Gasteiger partial charge in [0.15, 0.2) is 11.5 Å². The second-order valence-electron chi connectivity index (χ2n) is 10.4. The molecule has 1 aliphatic heterocycles. The number of carbonyl (C=O) groups is 1. The molecule has 228 valence electrons. The van der Waals surface area contributed by atoms with Crippen molar-refractivity contribution in [1.82, 2.24) is 4.90 Å². The molecular weight excluding hydrogens is 630 g/mol. The lowest BCUT2D eigenvalue weighted by Gasteiger charge is -2.49. The van der Waals surface area contributed by atoms with E-state index in [1.54, 1.807) is 0 Å². The highest BCUT2D eigenvalue weighted by Crippen LogP contribution is 2.45. The lowest BCUT2D eigenvalue weighted by Crippen LogP contribution is -2.57. The largest absolute Gasteiger partial charge is 0.417 e. The Labute approximate surface area is 258 Å². The molecule has 1 aliphatic rings. The summed E-state index contributed by atoms with van der Waals surface area (Å²) >= 11 is 11.3. The third-order valence-electron chi connectivity index (χ3n) is 7.42. The minimum atomic E-state index is -5.21. The van der Waals surface area contributed by atoms with E-state index in [-0.39, 0.29) is 42.4 Å². The maximum absolute atomic E-state index is 16.0. The molecule has 1 heterocycles. The zero-order valence-corrected chi connectivity index (χ0v) is 24.1. The van der Waals surface area contributed by atoms with E-state index in [0.29, 0.717) is 6.07 Å². The Bertz CT molecular complexity index is 1640. The van der Waals surface area contributed by atoms with E-state index in [4.69, 9.17) is 23.2 Å². The van der Waals surface area contributed by atoms with Gasteiger partial charge in [0.25, 0.3) is 0 Å².